The van der Waals surface area contributed by atoms with E-state index in [9.17, 15) is 38.6 Å². The fourth-order valence-corrected chi connectivity index (χ4v) is 8.10. The Bertz CT molecular complexity index is 1290. The Hall–Kier alpha value is 2.64. The zero-order valence-electron chi connectivity index (χ0n) is 21.9. The molecule has 2 aromatic heterocycles. The fourth-order valence-electron chi connectivity index (χ4n) is 3.40. The van der Waals surface area contributed by atoms with Gasteiger partial charge in [-0.2, -0.15) is 0 Å². The smallest absolute Gasteiger partial charge is 0.777 e. The topological polar surface area (TPSA) is 256 Å². The van der Waals surface area contributed by atoms with Gasteiger partial charge < -0.3 is 53.1 Å². The van der Waals surface area contributed by atoms with Gasteiger partial charge in [0.1, 0.15) is 24.6 Å². The van der Waals surface area contributed by atoms with Gasteiger partial charge in [0.2, 0.25) is 2.72 Å². The summed E-state index contributed by atoms with van der Waals surface area (Å²) in [6, 6.07) is 0. The third kappa shape index (κ3) is 10.1. The summed E-state index contributed by atoms with van der Waals surface area (Å²) in [5, 5.41) is 20.9. The molecule has 0 saturated carbocycles. The van der Waals surface area contributed by atoms with E-state index in [4.69, 9.17) is 9.63 Å². The normalized spacial score (nSPS) is 24.8. The second kappa shape index (κ2) is 17.7. The third-order valence-electron chi connectivity index (χ3n) is 5.29. The molecule has 0 radical (unpaired) electrons. The minimum absolute atomic E-state index is 0. The maximum Gasteiger partial charge on any atom is 1.00 e. The summed E-state index contributed by atoms with van der Waals surface area (Å²) < 4.78 is 47.2. The fraction of sp³-hybridized carbons (Fsp3) is 0.688. The van der Waals surface area contributed by atoms with Crippen LogP contribution in [0.2, 0.25) is 0 Å². The number of fused-ring (bicyclic) bond motifs is 1. The first-order valence-corrected chi connectivity index (χ1v) is 16.5. The van der Waals surface area contributed by atoms with Crippen molar-refractivity contribution in [1.82, 2.24) is 19.5 Å². The molecular formula is C16H25Br2N5Na3O12P3. The molecule has 17 nitrogen and oxygen atoms in total. The van der Waals surface area contributed by atoms with Crippen molar-refractivity contribution in [3.63, 3.8) is 0 Å². The van der Waals surface area contributed by atoms with Crippen LogP contribution >= 0.6 is 54.9 Å². The largest absolute Gasteiger partial charge is 1.00 e. The summed E-state index contributed by atoms with van der Waals surface area (Å²) in [7, 11) is -17.5. The van der Waals surface area contributed by atoms with Crippen molar-refractivity contribution in [1.29, 1.82) is 0 Å². The Morgan fingerprint density at radius 3 is 2.15 bits per heavy atom. The van der Waals surface area contributed by atoms with Crippen molar-refractivity contribution in [3.8, 4) is 0 Å². The van der Waals surface area contributed by atoms with E-state index in [1.165, 1.54) is 17.2 Å². The molecule has 3 heterocycles. The molecular weight excluding hydrogens is 776 g/mol. The molecule has 3 rings (SSSR count). The monoisotopic (exact) mass is 799 g/mol. The predicted molar refractivity (Wildman–Crippen MR) is 134 cm³/mol. The number of ether oxygens (including phenoxy) is 1. The zero-order valence-corrected chi connectivity index (χ0v) is 33.8. The first kappa shape index (κ1) is 45.8. The van der Waals surface area contributed by atoms with E-state index >= 15 is 0 Å². The van der Waals surface area contributed by atoms with Crippen LogP contribution in [-0.2, 0) is 27.3 Å². The number of rotatable bonds is 11. The summed E-state index contributed by atoms with van der Waals surface area (Å²) in [6.07, 6.45) is -3.58. The third-order valence-corrected chi connectivity index (χ3v) is 15.5. The summed E-state index contributed by atoms with van der Waals surface area (Å²) in [6.45, 7) is 4.05. The van der Waals surface area contributed by atoms with Crippen molar-refractivity contribution in [2.75, 3.05) is 24.6 Å². The summed E-state index contributed by atoms with van der Waals surface area (Å²) in [4.78, 5) is 59.0. The molecule has 2 aromatic rings. The second-order valence-electron chi connectivity index (χ2n) is 7.59. The number of halogens is 2. The number of aliphatic hydroxyl groups excluding tert-OH is 2. The van der Waals surface area contributed by atoms with Gasteiger partial charge in [-0.05, 0) is 13.8 Å². The average molecular weight is 801 g/mol. The van der Waals surface area contributed by atoms with Crippen molar-refractivity contribution in [2.45, 2.75) is 48.5 Å². The van der Waals surface area contributed by atoms with Gasteiger partial charge in [0, 0.05) is 13.1 Å². The van der Waals surface area contributed by atoms with E-state index in [1.807, 2.05) is 18.7 Å². The molecule has 1 fully saturated rings. The van der Waals surface area contributed by atoms with E-state index in [1.54, 1.807) is 0 Å². The number of alkyl halides is 2. The van der Waals surface area contributed by atoms with Crippen molar-refractivity contribution in [3.05, 3.63) is 12.7 Å². The number of aromatic nitrogens is 4. The van der Waals surface area contributed by atoms with Crippen LogP contribution in [0.25, 0.3) is 11.2 Å². The molecule has 0 spiro atoms. The number of nitrogens with zero attached hydrogens (tertiary/aromatic N) is 5. The number of phosphoric acid groups is 1. The van der Waals surface area contributed by atoms with E-state index in [0.29, 0.717) is 24.4 Å². The molecule has 25 heteroatoms. The summed E-state index contributed by atoms with van der Waals surface area (Å²) in [5.74, 6) is 0.522. The van der Waals surface area contributed by atoms with Gasteiger partial charge in [0.15, 0.2) is 38.4 Å². The minimum atomic E-state index is -5.95. The molecule has 41 heavy (non-hydrogen) atoms. The molecule has 0 aliphatic carbocycles. The van der Waals surface area contributed by atoms with Crippen LogP contribution in [0.5, 0.6) is 0 Å². The molecule has 1 aliphatic rings. The van der Waals surface area contributed by atoms with Crippen molar-refractivity contribution in [2.24, 2.45) is 0 Å². The van der Waals surface area contributed by atoms with Crippen LogP contribution in [0.1, 0.15) is 27.5 Å². The van der Waals surface area contributed by atoms with Crippen LogP contribution in [-0.4, -0.2) is 75.3 Å². The van der Waals surface area contributed by atoms with Gasteiger partial charge in [0.05, 0.1) is 12.9 Å². The van der Waals surface area contributed by atoms with Crippen molar-refractivity contribution >= 4 is 71.9 Å². The predicted octanol–water partition coefficient (Wildman–Crippen LogP) is -9.06. The van der Waals surface area contributed by atoms with Gasteiger partial charge in [-0.3, -0.25) is 13.4 Å². The zero-order chi connectivity index (χ0) is 28.0. The van der Waals surface area contributed by atoms with Crippen LogP contribution in [0.15, 0.2) is 12.7 Å². The Kier molecular flexibility index (Phi) is 19.7. The Balaban J connectivity index is 0. The average Bonchev–Trinajstić information content (AvgIpc) is 3.33. The number of hydrogen-bond acceptors (Lipinski definition) is 15. The standard InChI is InChI=1S/C15H24Br2N5O12P3.CH4.3Na/c1-3-21(4-2)12-9-13(19-6-18-12)22(7-20-9)14-11(24)10(23)8(33-14)5-32-37(30,31)34-36(28,29)15(16,17)35(25,26)27;;;;/h6-8,10-11,14,23-24H,3-5H2,1-2H3,(H,28,29)(H,30,31)(H2,25,26,27);1H4;;;/q;;3*+1/p-3/t8-,10-,11-,14-;;;;/m1..../s1. The number of anilines is 1. The molecule has 0 aromatic carbocycles. The molecule has 3 unspecified atom stereocenters. The molecule has 1 saturated heterocycles. The van der Waals surface area contributed by atoms with Crippen LogP contribution in [0, 0.1) is 0 Å². The van der Waals surface area contributed by atoms with Gasteiger partial charge in [-0.1, -0.05) is 39.3 Å². The van der Waals surface area contributed by atoms with E-state index in [-0.39, 0.29) is 102 Å². The van der Waals surface area contributed by atoms with Crippen LogP contribution in [0.4, 0.5) is 5.82 Å². The minimum Gasteiger partial charge on any atom is -0.777 e. The number of aliphatic hydroxyl groups is 2. The second-order valence-corrected chi connectivity index (χ2v) is 19.0. The molecule has 0 bridgehead atoms. The number of imidazole rings is 1. The molecule has 7 atom stereocenters. The summed E-state index contributed by atoms with van der Waals surface area (Å²) in [5.41, 5.74) is 0.629. The van der Waals surface area contributed by atoms with Gasteiger partial charge >= 0.3 is 88.7 Å². The van der Waals surface area contributed by atoms with E-state index in [2.05, 4.69) is 55.6 Å². The summed E-state index contributed by atoms with van der Waals surface area (Å²) >= 11 is 4.28. The van der Waals surface area contributed by atoms with Crippen molar-refractivity contribution < 1.29 is 146 Å². The maximum atomic E-state index is 12.1. The number of phosphoric ester groups is 1. The van der Waals surface area contributed by atoms with E-state index in [0.717, 1.165) is 0 Å². The van der Waals surface area contributed by atoms with Crippen LogP contribution in [0.3, 0.4) is 0 Å². The van der Waals surface area contributed by atoms with E-state index < -0.39 is 56.9 Å². The first-order valence-electron chi connectivity index (χ1n) is 10.3. The Labute approximate surface area is 319 Å². The van der Waals surface area contributed by atoms with Gasteiger partial charge in [-0.15, -0.1) is 0 Å². The first-order chi connectivity index (χ1) is 17.0. The molecule has 1 aliphatic heterocycles. The van der Waals surface area contributed by atoms with Gasteiger partial charge in [-0.25, -0.2) is 15.0 Å². The quantitative estimate of drug-likeness (QED) is 0.108. The Morgan fingerprint density at radius 2 is 1.63 bits per heavy atom. The van der Waals surface area contributed by atoms with Gasteiger partial charge in [0.25, 0.3) is 7.82 Å². The molecule has 3 N–H and O–H groups in total. The maximum absolute atomic E-state index is 12.1. The Morgan fingerprint density at radius 1 is 1.07 bits per heavy atom. The van der Waals surface area contributed by atoms with Crippen LogP contribution < -0.4 is 108 Å². The molecule has 218 valence electrons. The number of hydrogen-bond donors (Lipinski definition) is 3. The SMILES string of the molecule is C.CCN(CC)c1ncnc2c1ncn2[C@@H]1O[C@H](COP(=O)([O-])OP(=O)([O-])C(Br)(Br)P(=O)([O-])O)[C@@H](O)[C@H]1O.[Na+].[Na+].[Na+]. The molecule has 0 amide bonds.